The van der Waals surface area contributed by atoms with Crippen molar-refractivity contribution >= 4 is 46.7 Å². The number of carbonyl (C=O) groups excluding carboxylic acids is 2. The van der Waals surface area contributed by atoms with Crippen LogP contribution in [-0.4, -0.2) is 46.9 Å². The van der Waals surface area contributed by atoms with Crippen LogP contribution in [0.5, 0.6) is 0 Å². The van der Waals surface area contributed by atoms with Crippen LogP contribution in [0.1, 0.15) is 25.7 Å². The monoisotopic (exact) mass is 463 g/mol. The molecule has 0 radical (unpaired) electrons. The van der Waals surface area contributed by atoms with Crippen LogP contribution in [-0.2, 0) is 9.59 Å². The van der Waals surface area contributed by atoms with Crippen molar-refractivity contribution in [3.05, 3.63) is 41.2 Å². The van der Waals surface area contributed by atoms with Gasteiger partial charge in [0, 0.05) is 19.1 Å². The summed E-state index contributed by atoms with van der Waals surface area (Å²) in [6.07, 6.45) is 3.99. The van der Waals surface area contributed by atoms with Gasteiger partial charge in [-0.2, -0.15) is 0 Å². The number of aromatic nitrogens is 2. The van der Waals surface area contributed by atoms with Gasteiger partial charge in [0.15, 0.2) is 5.82 Å². The molecule has 2 heterocycles. The van der Waals surface area contributed by atoms with E-state index in [1.807, 2.05) is 12.1 Å². The molecule has 2 aliphatic rings. The van der Waals surface area contributed by atoms with Crippen molar-refractivity contribution in [1.29, 1.82) is 0 Å². The number of thioether (sulfide) groups is 1. The molecule has 31 heavy (non-hydrogen) atoms. The lowest BCUT2D eigenvalue weighted by atomic mass is 9.97. The van der Waals surface area contributed by atoms with Gasteiger partial charge in [-0.05, 0) is 56.0 Å². The predicted octanol–water partition coefficient (Wildman–Crippen LogP) is 3.49. The smallest absolute Gasteiger partial charge is 0.234 e. The van der Waals surface area contributed by atoms with E-state index in [0.717, 1.165) is 38.0 Å². The summed E-state index contributed by atoms with van der Waals surface area (Å²) >= 11 is 7.19. The Morgan fingerprint density at radius 2 is 2.03 bits per heavy atom. The fourth-order valence-corrected chi connectivity index (χ4v) is 4.20. The van der Waals surface area contributed by atoms with Crippen LogP contribution >= 0.6 is 23.4 Å². The van der Waals surface area contributed by atoms with E-state index < -0.39 is 5.82 Å². The summed E-state index contributed by atoms with van der Waals surface area (Å²) < 4.78 is 13.3. The second kappa shape index (κ2) is 9.82. The number of nitrogens with one attached hydrogen (secondary N) is 2. The Morgan fingerprint density at radius 3 is 2.77 bits per heavy atom. The molecule has 10 heteroatoms. The quantitative estimate of drug-likeness (QED) is 0.611. The Hall–Kier alpha value is -2.39. The summed E-state index contributed by atoms with van der Waals surface area (Å²) in [5.74, 6) is 0.140. The Balaban J connectivity index is 1.28. The van der Waals surface area contributed by atoms with Gasteiger partial charge in [0.05, 0.1) is 22.4 Å². The van der Waals surface area contributed by atoms with Gasteiger partial charge in [0.25, 0.3) is 0 Å². The van der Waals surface area contributed by atoms with Crippen LogP contribution in [0.25, 0.3) is 0 Å². The number of benzene rings is 1. The number of nitrogens with zero attached hydrogens (tertiary/aromatic N) is 3. The van der Waals surface area contributed by atoms with Gasteiger partial charge in [-0.1, -0.05) is 23.4 Å². The molecule has 1 aromatic heterocycles. The highest BCUT2D eigenvalue weighted by atomic mass is 35.5. The fraction of sp³-hybridized carbons (Fsp3) is 0.429. The van der Waals surface area contributed by atoms with Gasteiger partial charge < -0.3 is 15.5 Å². The van der Waals surface area contributed by atoms with Gasteiger partial charge in [-0.15, -0.1) is 10.2 Å². The fourth-order valence-electron chi connectivity index (χ4n) is 3.42. The normalized spacial score (nSPS) is 18.5. The van der Waals surface area contributed by atoms with Crippen molar-refractivity contribution in [3.8, 4) is 0 Å². The maximum absolute atomic E-state index is 13.3. The molecular weight excluding hydrogens is 441 g/mol. The average molecular weight is 464 g/mol. The molecule has 7 nitrogen and oxygen atoms in total. The molecule has 0 bridgehead atoms. The molecule has 1 saturated carbocycles. The van der Waals surface area contributed by atoms with Gasteiger partial charge >= 0.3 is 0 Å². The van der Waals surface area contributed by atoms with Crippen molar-refractivity contribution < 1.29 is 14.0 Å². The lowest BCUT2D eigenvalue weighted by Crippen LogP contribution is -2.44. The summed E-state index contributed by atoms with van der Waals surface area (Å²) in [5, 5.41) is 15.0. The van der Waals surface area contributed by atoms with Gasteiger partial charge in [-0.25, -0.2) is 4.39 Å². The molecule has 2 amide bonds. The van der Waals surface area contributed by atoms with Gasteiger partial charge in [0.2, 0.25) is 11.8 Å². The van der Waals surface area contributed by atoms with E-state index in [1.54, 1.807) is 0 Å². The molecule has 1 atom stereocenters. The number of hydrogen-bond donors (Lipinski definition) is 2. The number of amides is 2. The molecule has 1 aliphatic heterocycles. The van der Waals surface area contributed by atoms with Crippen LogP contribution in [0.2, 0.25) is 5.02 Å². The zero-order valence-corrected chi connectivity index (χ0v) is 18.4. The van der Waals surface area contributed by atoms with E-state index in [2.05, 4.69) is 25.7 Å². The van der Waals surface area contributed by atoms with Crippen molar-refractivity contribution in [1.82, 2.24) is 15.5 Å². The third kappa shape index (κ3) is 6.07. The summed E-state index contributed by atoms with van der Waals surface area (Å²) in [7, 11) is 0. The lowest BCUT2D eigenvalue weighted by molar-refractivity contribution is -0.125. The highest BCUT2D eigenvalue weighted by Gasteiger charge is 2.30. The third-order valence-electron chi connectivity index (χ3n) is 5.22. The van der Waals surface area contributed by atoms with Gasteiger partial charge in [-0.3, -0.25) is 9.59 Å². The molecule has 2 N–H and O–H groups in total. The largest absolute Gasteiger partial charge is 0.354 e. The highest BCUT2D eigenvalue weighted by molar-refractivity contribution is 7.99. The first-order valence-electron chi connectivity index (χ1n) is 10.2. The van der Waals surface area contributed by atoms with Crippen molar-refractivity contribution in [2.24, 2.45) is 5.92 Å². The SMILES string of the molecule is O=C(CSc1ccc(N2CCC[C@H](C(=O)NC3CC3)C2)nn1)Nc1cc(F)ccc1Cl. The molecule has 2 fully saturated rings. The number of anilines is 2. The van der Waals surface area contributed by atoms with Crippen molar-refractivity contribution in [3.63, 3.8) is 0 Å². The van der Waals surface area contributed by atoms with Crippen LogP contribution in [0, 0.1) is 11.7 Å². The molecule has 0 spiro atoms. The molecule has 2 aromatic rings. The minimum Gasteiger partial charge on any atom is -0.354 e. The zero-order chi connectivity index (χ0) is 21.8. The van der Waals surface area contributed by atoms with Crippen molar-refractivity contribution in [2.75, 3.05) is 29.1 Å². The molecule has 0 unspecified atom stereocenters. The highest BCUT2D eigenvalue weighted by Crippen LogP contribution is 2.26. The Morgan fingerprint density at radius 1 is 1.19 bits per heavy atom. The van der Waals surface area contributed by atoms with Crippen molar-refractivity contribution in [2.45, 2.75) is 36.8 Å². The van der Waals surface area contributed by atoms with E-state index in [0.29, 0.717) is 17.6 Å². The molecule has 1 saturated heterocycles. The Labute approximate surface area is 189 Å². The topological polar surface area (TPSA) is 87.2 Å². The first-order chi connectivity index (χ1) is 15.0. The van der Waals surface area contributed by atoms with E-state index >= 15 is 0 Å². The summed E-state index contributed by atoms with van der Waals surface area (Å²) in [6.45, 7) is 1.47. The maximum Gasteiger partial charge on any atom is 0.234 e. The molecule has 164 valence electrons. The molecule has 1 aromatic carbocycles. The number of halogens is 2. The van der Waals surface area contributed by atoms with Crippen LogP contribution in [0.15, 0.2) is 35.4 Å². The number of piperidine rings is 1. The van der Waals surface area contributed by atoms with E-state index in [4.69, 9.17) is 11.6 Å². The minimum atomic E-state index is -0.473. The second-order valence-corrected chi connectivity index (χ2v) is 9.16. The molecule has 4 rings (SSSR count). The number of carbonyl (C=O) groups is 2. The van der Waals surface area contributed by atoms with Crippen LogP contribution in [0.3, 0.4) is 0 Å². The van der Waals surface area contributed by atoms with E-state index in [-0.39, 0.29) is 34.2 Å². The summed E-state index contributed by atoms with van der Waals surface area (Å²) in [6, 6.07) is 7.84. The van der Waals surface area contributed by atoms with E-state index in [1.165, 1.54) is 30.0 Å². The van der Waals surface area contributed by atoms with Crippen LogP contribution < -0.4 is 15.5 Å². The Kier molecular flexibility index (Phi) is 6.92. The Bertz CT molecular complexity index is 957. The first-order valence-corrected chi connectivity index (χ1v) is 11.6. The summed E-state index contributed by atoms with van der Waals surface area (Å²) in [5.41, 5.74) is 0.235. The lowest BCUT2D eigenvalue weighted by Gasteiger charge is -2.32. The number of rotatable bonds is 7. The number of hydrogen-bond acceptors (Lipinski definition) is 6. The van der Waals surface area contributed by atoms with E-state index in [9.17, 15) is 14.0 Å². The first kappa shape index (κ1) is 21.8. The van der Waals surface area contributed by atoms with Crippen LogP contribution in [0.4, 0.5) is 15.9 Å². The minimum absolute atomic E-state index is 0.0245. The predicted molar refractivity (Wildman–Crippen MR) is 119 cm³/mol. The maximum atomic E-state index is 13.3. The summed E-state index contributed by atoms with van der Waals surface area (Å²) in [4.78, 5) is 26.6. The van der Waals surface area contributed by atoms with Gasteiger partial charge in [0.1, 0.15) is 10.8 Å². The standard InChI is InChI=1S/C21H23ClFN5O2S/c22-16-6-3-14(23)10-17(16)25-19(29)12-31-20-8-7-18(26-27-20)28-9-1-2-13(11-28)21(30)24-15-4-5-15/h3,6-8,10,13,15H,1-2,4-5,9,11-12H2,(H,24,30)(H,25,29)/t13-/m0/s1. The third-order valence-corrected chi connectivity index (χ3v) is 6.47. The second-order valence-electron chi connectivity index (χ2n) is 7.76. The molecule has 1 aliphatic carbocycles. The average Bonchev–Trinajstić information content (AvgIpc) is 3.59. The zero-order valence-electron chi connectivity index (χ0n) is 16.8. The molecular formula is C21H23ClFN5O2S.